The number of urea groups is 1. The summed E-state index contributed by atoms with van der Waals surface area (Å²) in [5, 5.41) is 12.8. The van der Waals surface area contributed by atoms with Crippen molar-refractivity contribution in [2.45, 2.75) is 32.4 Å². The van der Waals surface area contributed by atoms with Crippen LogP contribution >= 0.6 is 0 Å². The van der Waals surface area contributed by atoms with Crippen molar-refractivity contribution in [3.05, 3.63) is 53.3 Å². The van der Waals surface area contributed by atoms with E-state index in [0.29, 0.717) is 12.3 Å². The van der Waals surface area contributed by atoms with Gasteiger partial charge in [-0.25, -0.2) is 4.79 Å². The van der Waals surface area contributed by atoms with Crippen LogP contribution < -0.4 is 10.1 Å². The second kappa shape index (κ2) is 7.42. The lowest BCUT2D eigenvalue weighted by Crippen LogP contribution is -2.39. The second-order valence-electron chi connectivity index (χ2n) is 6.22. The number of phenolic OH excluding ortho intramolecular Hbond substituents is 1. The normalized spacial score (nSPS) is 16.7. The monoisotopic (exact) mass is 341 g/mol. The minimum Gasteiger partial charge on any atom is -0.504 e. The highest BCUT2D eigenvalue weighted by Crippen LogP contribution is 2.31. The summed E-state index contributed by atoms with van der Waals surface area (Å²) in [5.74, 6) is 0.484. The molecule has 6 nitrogen and oxygen atoms in total. The standard InChI is InChI=1S/C19H23N3O3/c1-13-5-3-6-15(21-13)16-7-4-10-22(16)19(24)20-12-14-8-9-18(25-2)17(23)11-14/h3,5-6,8-9,11,16,23H,4,7,10,12H2,1-2H3,(H,20,24). The van der Waals surface area contributed by atoms with Gasteiger partial charge in [-0.3, -0.25) is 4.98 Å². The largest absolute Gasteiger partial charge is 0.504 e. The average molecular weight is 341 g/mol. The van der Waals surface area contributed by atoms with Gasteiger partial charge in [-0.05, 0) is 49.6 Å². The number of carbonyl (C=O) groups is 1. The number of hydrogen-bond donors (Lipinski definition) is 2. The van der Waals surface area contributed by atoms with Gasteiger partial charge in [0, 0.05) is 18.8 Å². The molecule has 25 heavy (non-hydrogen) atoms. The first-order valence-electron chi connectivity index (χ1n) is 8.42. The molecule has 0 bridgehead atoms. The molecule has 3 rings (SSSR count). The highest BCUT2D eigenvalue weighted by molar-refractivity contribution is 5.75. The SMILES string of the molecule is COc1ccc(CNC(=O)N2CCCC2c2cccc(C)n2)cc1O. The van der Waals surface area contributed by atoms with Gasteiger partial charge in [0.2, 0.25) is 0 Å². The predicted molar refractivity (Wildman–Crippen MR) is 94.5 cm³/mol. The number of rotatable bonds is 4. The van der Waals surface area contributed by atoms with Crippen LogP contribution in [-0.2, 0) is 6.54 Å². The van der Waals surface area contributed by atoms with E-state index in [2.05, 4.69) is 10.3 Å². The maximum Gasteiger partial charge on any atom is 0.318 e. The number of likely N-dealkylation sites (tertiary alicyclic amines) is 1. The maximum atomic E-state index is 12.6. The minimum absolute atomic E-state index is 0.0178. The van der Waals surface area contributed by atoms with Crippen LogP contribution in [0.25, 0.3) is 0 Å². The van der Waals surface area contributed by atoms with Crippen molar-refractivity contribution in [3.63, 3.8) is 0 Å². The van der Waals surface area contributed by atoms with E-state index in [9.17, 15) is 9.90 Å². The molecule has 2 heterocycles. The first kappa shape index (κ1) is 17.1. The number of nitrogens with one attached hydrogen (secondary N) is 1. The van der Waals surface area contributed by atoms with Crippen LogP contribution in [0.1, 0.15) is 35.8 Å². The number of benzene rings is 1. The molecule has 0 aliphatic carbocycles. The highest BCUT2D eigenvalue weighted by Gasteiger charge is 2.30. The molecule has 1 saturated heterocycles. The Morgan fingerprint density at radius 1 is 1.40 bits per heavy atom. The van der Waals surface area contributed by atoms with Gasteiger partial charge in [0.25, 0.3) is 0 Å². The molecular formula is C19H23N3O3. The zero-order valence-electron chi connectivity index (χ0n) is 14.5. The van der Waals surface area contributed by atoms with Gasteiger partial charge in [0.1, 0.15) is 0 Å². The van der Waals surface area contributed by atoms with E-state index in [0.717, 1.165) is 36.3 Å². The van der Waals surface area contributed by atoms with Crippen LogP contribution in [0.2, 0.25) is 0 Å². The number of aryl methyl sites for hydroxylation is 1. The third-order valence-corrected chi connectivity index (χ3v) is 4.45. The molecule has 2 amide bonds. The Kier molecular flexibility index (Phi) is 5.07. The number of aromatic nitrogens is 1. The van der Waals surface area contributed by atoms with Gasteiger partial charge in [-0.2, -0.15) is 0 Å². The smallest absolute Gasteiger partial charge is 0.318 e. The summed E-state index contributed by atoms with van der Waals surface area (Å²) >= 11 is 0. The summed E-state index contributed by atoms with van der Waals surface area (Å²) in [4.78, 5) is 19.0. The van der Waals surface area contributed by atoms with E-state index >= 15 is 0 Å². The molecular weight excluding hydrogens is 318 g/mol. The molecule has 1 aliphatic rings. The number of nitrogens with zero attached hydrogens (tertiary/aromatic N) is 2. The van der Waals surface area contributed by atoms with Crippen molar-refractivity contribution in [1.82, 2.24) is 15.2 Å². The Labute approximate surface area is 147 Å². The third kappa shape index (κ3) is 3.84. The topological polar surface area (TPSA) is 74.7 Å². The van der Waals surface area contributed by atoms with Gasteiger partial charge in [-0.1, -0.05) is 12.1 Å². The summed E-state index contributed by atoms with van der Waals surface area (Å²) in [6.45, 7) is 3.03. The second-order valence-corrected chi connectivity index (χ2v) is 6.22. The van der Waals surface area contributed by atoms with Crippen LogP contribution in [0.5, 0.6) is 11.5 Å². The van der Waals surface area contributed by atoms with Crippen LogP contribution in [0, 0.1) is 6.92 Å². The molecule has 132 valence electrons. The van der Waals surface area contributed by atoms with Gasteiger partial charge in [0.05, 0.1) is 18.8 Å². The summed E-state index contributed by atoms with van der Waals surface area (Å²) in [5.41, 5.74) is 2.71. The first-order chi connectivity index (χ1) is 12.1. The lowest BCUT2D eigenvalue weighted by atomic mass is 10.1. The molecule has 2 N–H and O–H groups in total. The number of phenols is 1. The molecule has 1 unspecified atom stereocenters. The van der Waals surface area contributed by atoms with Crippen molar-refractivity contribution in [2.75, 3.05) is 13.7 Å². The van der Waals surface area contributed by atoms with E-state index in [1.54, 1.807) is 12.1 Å². The predicted octanol–water partition coefficient (Wildman–Crippen LogP) is 3.15. The number of hydrogen-bond acceptors (Lipinski definition) is 4. The molecule has 0 saturated carbocycles. The Balaban J connectivity index is 1.65. The van der Waals surface area contributed by atoms with Crippen LogP contribution in [0.3, 0.4) is 0 Å². The maximum absolute atomic E-state index is 12.6. The molecule has 1 aromatic carbocycles. The molecule has 0 radical (unpaired) electrons. The highest BCUT2D eigenvalue weighted by atomic mass is 16.5. The van der Waals surface area contributed by atoms with E-state index in [-0.39, 0.29) is 17.8 Å². The van der Waals surface area contributed by atoms with E-state index in [4.69, 9.17) is 4.74 Å². The average Bonchev–Trinajstić information content (AvgIpc) is 3.09. The van der Waals surface area contributed by atoms with Gasteiger partial charge in [-0.15, -0.1) is 0 Å². The summed E-state index contributed by atoms with van der Waals surface area (Å²) in [7, 11) is 1.50. The molecule has 1 aromatic heterocycles. The number of pyridine rings is 1. The molecule has 0 spiro atoms. The van der Waals surface area contributed by atoms with Gasteiger partial charge in [0.15, 0.2) is 11.5 Å². The lowest BCUT2D eigenvalue weighted by molar-refractivity contribution is 0.191. The first-order valence-corrected chi connectivity index (χ1v) is 8.42. The number of amides is 2. The van der Waals surface area contributed by atoms with Crippen molar-refractivity contribution in [2.24, 2.45) is 0 Å². The number of ether oxygens (including phenoxy) is 1. The Bertz CT molecular complexity index is 763. The fraction of sp³-hybridized carbons (Fsp3) is 0.368. The molecule has 1 aliphatic heterocycles. The van der Waals surface area contributed by atoms with E-state index < -0.39 is 0 Å². The molecule has 1 fully saturated rings. The summed E-state index contributed by atoms with van der Waals surface area (Å²) < 4.78 is 5.03. The zero-order valence-corrected chi connectivity index (χ0v) is 14.5. The Morgan fingerprint density at radius 2 is 2.24 bits per heavy atom. The van der Waals surface area contributed by atoms with Crippen molar-refractivity contribution < 1.29 is 14.6 Å². The number of carbonyl (C=O) groups excluding carboxylic acids is 1. The number of methoxy groups -OCH3 is 1. The lowest BCUT2D eigenvalue weighted by Gasteiger charge is -2.25. The van der Waals surface area contributed by atoms with E-state index in [1.165, 1.54) is 7.11 Å². The fourth-order valence-electron chi connectivity index (χ4n) is 3.19. The van der Waals surface area contributed by atoms with Crippen LogP contribution in [0.4, 0.5) is 4.79 Å². The quantitative estimate of drug-likeness (QED) is 0.896. The third-order valence-electron chi connectivity index (χ3n) is 4.45. The van der Waals surface area contributed by atoms with Crippen molar-refractivity contribution >= 4 is 6.03 Å². The summed E-state index contributed by atoms with van der Waals surface area (Å²) in [6, 6.07) is 10.9. The molecule has 6 heteroatoms. The molecule has 2 aromatic rings. The zero-order chi connectivity index (χ0) is 17.8. The van der Waals surface area contributed by atoms with Gasteiger partial charge < -0.3 is 20.1 Å². The fourth-order valence-corrected chi connectivity index (χ4v) is 3.19. The van der Waals surface area contributed by atoms with E-state index in [1.807, 2.05) is 36.1 Å². The van der Waals surface area contributed by atoms with Gasteiger partial charge >= 0.3 is 6.03 Å². The van der Waals surface area contributed by atoms with Crippen molar-refractivity contribution in [1.29, 1.82) is 0 Å². The minimum atomic E-state index is -0.110. The number of aromatic hydroxyl groups is 1. The van der Waals surface area contributed by atoms with Crippen molar-refractivity contribution in [3.8, 4) is 11.5 Å². The van der Waals surface area contributed by atoms with Crippen LogP contribution in [-0.4, -0.2) is 34.7 Å². The molecule has 1 atom stereocenters. The summed E-state index contributed by atoms with van der Waals surface area (Å²) in [6.07, 6.45) is 1.89. The Hall–Kier alpha value is -2.76. The Morgan fingerprint density at radius 3 is 2.96 bits per heavy atom. The van der Waals surface area contributed by atoms with Crippen LogP contribution in [0.15, 0.2) is 36.4 Å².